The summed E-state index contributed by atoms with van der Waals surface area (Å²) in [6.07, 6.45) is 9.71. The Kier molecular flexibility index (Phi) is 4.83. The smallest absolute Gasteiger partial charge is 0.0771 e. The van der Waals surface area contributed by atoms with E-state index in [-0.39, 0.29) is 6.10 Å². The Balaban J connectivity index is 1.64. The number of aliphatic hydroxyl groups is 2. The first-order valence-electron chi connectivity index (χ1n) is 7.29. The van der Waals surface area contributed by atoms with E-state index in [4.69, 9.17) is 0 Å². The fraction of sp³-hybridized carbons (Fsp3) is 1.00. The van der Waals surface area contributed by atoms with Gasteiger partial charge in [-0.25, -0.2) is 0 Å². The topological polar surface area (TPSA) is 52.5 Å². The summed E-state index contributed by atoms with van der Waals surface area (Å²) in [4.78, 5) is 0. The third kappa shape index (κ3) is 4.23. The van der Waals surface area contributed by atoms with E-state index in [1.807, 2.05) is 0 Å². The van der Waals surface area contributed by atoms with Gasteiger partial charge < -0.3 is 15.5 Å². The predicted molar refractivity (Wildman–Crippen MR) is 68.9 cm³/mol. The van der Waals surface area contributed by atoms with Crippen LogP contribution in [0.1, 0.15) is 57.8 Å². The molecule has 0 heterocycles. The second-order valence-electron chi connectivity index (χ2n) is 6.10. The van der Waals surface area contributed by atoms with E-state index in [1.54, 1.807) is 0 Å². The normalized spacial score (nSPS) is 33.5. The van der Waals surface area contributed by atoms with Crippen LogP contribution < -0.4 is 5.32 Å². The molecule has 3 nitrogen and oxygen atoms in total. The largest absolute Gasteiger partial charge is 0.393 e. The summed E-state index contributed by atoms with van der Waals surface area (Å²) < 4.78 is 0. The molecule has 2 aliphatic carbocycles. The highest BCUT2D eigenvalue weighted by atomic mass is 16.3. The van der Waals surface area contributed by atoms with Crippen LogP contribution in [-0.2, 0) is 0 Å². The van der Waals surface area contributed by atoms with Crippen molar-refractivity contribution in [1.29, 1.82) is 0 Å². The lowest BCUT2D eigenvalue weighted by Gasteiger charge is -2.33. The van der Waals surface area contributed by atoms with E-state index < -0.39 is 5.60 Å². The van der Waals surface area contributed by atoms with Crippen LogP contribution in [0.2, 0.25) is 0 Å². The molecule has 0 aromatic carbocycles. The summed E-state index contributed by atoms with van der Waals surface area (Å²) >= 11 is 0. The van der Waals surface area contributed by atoms with Gasteiger partial charge in [0, 0.05) is 6.54 Å². The SMILES string of the molecule is OC1CCCC(CNCC2(O)CCCCC2)C1. The number of hydrogen-bond donors (Lipinski definition) is 3. The van der Waals surface area contributed by atoms with E-state index in [0.717, 1.165) is 45.2 Å². The molecule has 0 saturated heterocycles. The molecule has 0 aliphatic heterocycles. The summed E-state index contributed by atoms with van der Waals surface area (Å²) in [7, 11) is 0. The number of nitrogens with one attached hydrogen (secondary N) is 1. The number of rotatable bonds is 4. The van der Waals surface area contributed by atoms with Crippen molar-refractivity contribution in [3.8, 4) is 0 Å². The quantitative estimate of drug-likeness (QED) is 0.704. The molecule has 2 rings (SSSR count). The van der Waals surface area contributed by atoms with Crippen LogP contribution in [0.25, 0.3) is 0 Å². The first-order valence-corrected chi connectivity index (χ1v) is 7.29. The lowest BCUT2D eigenvalue weighted by Crippen LogP contribution is -2.44. The standard InChI is InChI=1S/C14H27NO2/c16-13-6-4-5-12(9-13)10-15-11-14(17)7-2-1-3-8-14/h12-13,15-17H,1-11H2. The van der Waals surface area contributed by atoms with Gasteiger partial charge in [-0.1, -0.05) is 25.7 Å². The molecule has 0 radical (unpaired) electrons. The van der Waals surface area contributed by atoms with Crippen molar-refractivity contribution in [2.24, 2.45) is 5.92 Å². The van der Waals surface area contributed by atoms with Gasteiger partial charge in [-0.05, 0) is 44.6 Å². The molecule has 0 aromatic heterocycles. The highest BCUT2D eigenvalue weighted by molar-refractivity contribution is 4.85. The van der Waals surface area contributed by atoms with E-state index in [0.29, 0.717) is 5.92 Å². The van der Waals surface area contributed by atoms with Gasteiger partial charge >= 0.3 is 0 Å². The van der Waals surface area contributed by atoms with Crippen LogP contribution in [0.4, 0.5) is 0 Å². The van der Waals surface area contributed by atoms with Gasteiger partial charge in [-0.3, -0.25) is 0 Å². The van der Waals surface area contributed by atoms with Gasteiger partial charge in [0.1, 0.15) is 0 Å². The van der Waals surface area contributed by atoms with Gasteiger partial charge in [-0.2, -0.15) is 0 Å². The van der Waals surface area contributed by atoms with Crippen molar-refractivity contribution < 1.29 is 10.2 Å². The van der Waals surface area contributed by atoms with Crippen LogP contribution in [0.15, 0.2) is 0 Å². The van der Waals surface area contributed by atoms with Crippen molar-refractivity contribution in [1.82, 2.24) is 5.32 Å². The molecule has 2 unspecified atom stereocenters. The van der Waals surface area contributed by atoms with Crippen LogP contribution >= 0.6 is 0 Å². The average molecular weight is 241 g/mol. The Morgan fingerprint density at radius 3 is 2.53 bits per heavy atom. The maximum Gasteiger partial charge on any atom is 0.0771 e. The Morgan fingerprint density at radius 1 is 1.06 bits per heavy atom. The van der Waals surface area contributed by atoms with Gasteiger partial charge in [0.2, 0.25) is 0 Å². The van der Waals surface area contributed by atoms with Crippen molar-refractivity contribution in [3.05, 3.63) is 0 Å². The molecule has 0 spiro atoms. The zero-order chi connectivity index (χ0) is 12.1. The molecule has 3 N–H and O–H groups in total. The molecule has 2 atom stereocenters. The summed E-state index contributed by atoms with van der Waals surface area (Å²) in [5, 5.41) is 23.4. The highest BCUT2D eigenvalue weighted by Gasteiger charge is 2.29. The van der Waals surface area contributed by atoms with E-state index >= 15 is 0 Å². The molecular formula is C14H27NO2. The van der Waals surface area contributed by atoms with Crippen LogP contribution in [-0.4, -0.2) is 35.0 Å². The number of hydrogen-bond acceptors (Lipinski definition) is 3. The molecule has 2 saturated carbocycles. The summed E-state index contributed by atoms with van der Waals surface area (Å²) in [6.45, 7) is 1.69. The van der Waals surface area contributed by atoms with E-state index in [2.05, 4.69) is 5.32 Å². The Labute approximate surface area is 105 Å². The van der Waals surface area contributed by atoms with E-state index in [9.17, 15) is 10.2 Å². The highest BCUT2D eigenvalue weighted by Crippen LogP contribution is 2.28. The molecule has 3 heteroatoms. The third-order valence-corrected chi connectivity index (χ3v) is 4.43. The van der Waals surface area contributed by atoms with Gasteiger partial charge in [-0.15, -0.1) is 0 Å². The second kappa shape index (κ2) is 6.17. The third-order valence-electron chi connectivity index (χ3n) is 4.43. The van der Waals surface area contributed by atoms with Gasteiger partial charge in [0.15, 0.2) is 0 Å². The van der Waals surface area contributed by atoms with Gasteiger partial charge in [0.25, 0.3) is 0 Å². The summed E-state index contributed by atoms with van der Waals surface area (Å²) in [6, 6.07) is 0. The zero-order valence-corrected chi connectivity index (χ0v) is 10.8. The monoisotopic (exact) mass is 241 g/mol. The molecule has 0 aromatic rings. The van der Waals surface area contributed by atoms with Crippen molar-refractivity contribution in [2.45, 2.75) is 69.5 Å². The fourth-order valence-electron chi connectivity index (χ4n) is 3.34. The van der Waals surface area contributed by atoms with Crippen molar-refractivity contribution in [3.63, 3.8) is 0 Å². The molecule has 2 aliphatic rings. The number of aliphatic hydroxyl groups excluding tert-OH is 1. The van der Waals surface area contributed by atoms with Crippen LogP contribution in [0, 0.1) is 5.92 Å². The molecule has 100 valence electrons. The minimum absolute atomic E-state index is 0.0895. The zero-order valence-electron chi connectivity index (χ0n) is 10.8. The fourth-order valence-corrected chi connectivity index (χ4v) is 3.34. The first kappa shape index (κ1) is 13.3. The summed E-state index contributed by atoms with van der Waals surface area (Å²) in [5.41, 5.74) is -0.453. The predicted octanol–water partition coefficient (Wildman–Crippen LogP) is 1.82. The first-order chi connectivity index (χ1) is 8.18. The Bertz CT molecular complexity index is 226. The lowest BCUT2D eigenvalue weighted by atomic mass is 9.84. The van der Waals surface area contributed by atoms with Crippen molar-refractivity contribution >= 4 is 0 Å². The Hall–Kier alpha value is -0.120. The maximum atomic E-state index is 10.3. The molecule has 0 amide bonds. The van der Waals surface area contributed by atoms with Crippen LogP contribution in [0.3, 0.4) is 0 Å². The molecule has 17 heavy (non-hydrogen) atoms. The molecular weight excluding hydrogens is 214 g/mol. The maximum absolute atomic E-state index is 10.3. The minimum Gasteiger partial charge on any atom is -0.393 e. The van der Waals surface area contributed by atoms with E-state index in [1.165, 1.54) is 25.7 Å². The molecule has 2 fully saturated rings. The van der Waals surface area contributed by atoms with Gasteiger partial charge in [0.05, 0.1) is 11.7 Å². The lowest BCUT2D eigenvalue weighted by molar-refractivity contribution is 0.00324. The van der Waals surface area contributed by atoms with Crippen molar-refractivity contribution in [2.75, 3.05) is 13.1 Å². The second-order valence-corrected chi connectivity index (χ2v) is 6.10. The summed E-state index contributed by atoms with van der Waals surface area (Å²) in [5.74, 6) is 0.603. The Morgan fingerprint density at radius 2 is 1.82 bits per heavy atom. The average Bonchev–Trinajstić information content (AvgIpc) is 2.30. The molecule has 0 bridgehead atoms. The minimum atomic E-state index is -0.453. The van der Waals surface area contributed by atoms with Crippen LogP contribution in [0.5, 0.6) is 0 Å².